The first-order valence-corrected chi connectivity index (χ1v) is 7.18. The molecule has 1 atom stereocenters. The molecule has 1 unspecified atom stereocenters. The topological polar surface area (TPSA) is 55.7 Å². The highest BCUT2D eigenvalue weighted by Gasteiger charge is 2.13. The number of para-hydroxylation sites is 2. The first kappa shape index (κ1) is 14.2. The fourth-order valence-corrected chi connectivity index (χ4v) is 2.50. The zero-order chi connectivity index (χ0) is 13.5. The normalized spacial score (nSPS) is 17.9. The zero-order valence-corrected chi connectivity index (χ0v) is 11.4. The summed E-state index contributed by atoms with van der Waals surface area (Å²) in [5.41, 5.74) is 2.24. The molecular weight excluding hydrogens is 240 g/mol. The number of anilines is 2. The number of aliphatic hydroxyl groups excluding tert-OH is 2. The molecule has 1 aromatic rings. The van der Waals surface area contributed by atoms with Gasteiger partial charge >= 0.3 is 0 Å². The van der Waals surface area contributed by atoms with Gasteiger partial charge in [-0.25, -0.2) is 0 Å². The second-order valence-electron chi connectivity index (χ2n) is 5.14. The van der Waals surface area contributed by atoms with Crippen molar-refractivity contribution >= 4 is 11.4 Å². The lowest BCUT2D eigenvalue weighted by atomic mass is 10.2. The molecule has 19 heavy (non-hydrogen) atoms. The summed E-state index contributed by atoms with van der Waals surface area (Å²) in [6, 6.07) is 8.20. The van der Waals surface area contributed by atoms with Gasteiger partial charge in [-0.15, -0.1) is 0 Å². The molecule has 0 aromatic heterocycles. The Morgan fingerprint density at radius 3 is 2.47 bits per heavy atom. The highest BCUT2D eigenvalue weighted by Crippen LogP contribution is 2.27. The minimum absolute atomic E-state index is 0.209. The number of hydrogen-bond donors (Lipinski definition) is 3. The van der Waals surface area contributed by atoms with Gasteiger partial charge in [-0.05, 0) is 25.0 Å². The quantitative estimate of drug-likeness (QED) is 0.759. The van der Waals surface area contributed by atoms with Gasteiger partial charge in [-0.2, -0.15) is 0 Å². The first-order chi connectivity index (χ1) is 9.31. The van der Waals surface area contributed by atoms with E-state index >= 15 is 0 Å². The van der Waals surface area contributed by atoms with E-state index in [9.17, 15) is 5.11 Å². The molecule has 1 aliphatic heterocycles. The number of aliphatic hydroxyl groups is 2. The van der Waals surface area contributed by atoms with E-state index in [1.54, 1.807) is 0 Å². The van der Waals surface area contributed by atoms with E-state index in [-0.39, 0.29) is 6.61 Å². The van der Waals surface area contributed by atoms with Crippen LogP contribution in [0.2, 0.25) is 0 Å². The summed E-state index contributed by atoms with van der Waals surface area (Å²) in [7, 11) is 0. The Hall–Kier alpha value is -1.26. The van der Waals surface area contributed by atoms with E-state index in [4.69, 9.17) is 5.11 Å². The molecule has 3 N–H and O–H groups in total. The van der Waals surface area contributed by atoms with Crippen LogP contribution < -0.4 is 10.2 Å². The molecule has 4 nitrogen and oxygen atoms in total. The van der Waals surface area contributed by atoms with E-state index in [0.29, 0.717) is 6.54 Å². The Morgan fingerprint density at radius 2 is 1.79 bits per heavy atom. The molecule has 4 heteroatoms. The molecule has 1 aliphatic rings. The van der Waals surface area contributed by atoms with Crippen LogP contribution in [0.4, 0.5) is 11.4 Å². The largest absolute Gasteiger partial charge is 0.394 e. The van der Waals surface area contributed by atoms with Crippen LogP contribution in [0.15, 0.2) is 24.3 Å². The summed E-state index contributed by atoms with van der Waals surface area (Å²) < 4.78 is 0. The Balaban J connectivity index is 2.06. The molecule has 1 saturated heterocycles. The molecule has 0 spiro atoms. The molecule has 0 saturated carbocycles. The summed E-state index contributed by atoms with van der Waals surface area (Å²) in [5, 5.41) is 21.5. The van der Waals surface area contributed by atoms with Crippen molar-refractivity contribution in [3.8, 4) is 0 Å². The van der Waals surface area contributed by atoms with Crippen molar-refractivity contribution in [2.75, 3.05) is 36.5 Å². The third kappa shape index (κ3) is 4.11. The van der Waals surface area contributed by atoms with E-state index in [0.717, 1.165) is 18.8 Å². The van der Waals surface area contributed by atoms with Crippen LogP contribution in [-0.2, 0) is 0 Å². The summed E-state index contributed by atoms with van der Waals surface area (Å²) in [4.78, 5) is 2.42. The van der Waals surface area contributed by atoms with Crippen molar-refractivity contribution in [2.45, 2.75) is 31.8 Å². The molecule has 0 bridgehead atoms. The van der Waals surface area contributed by atoms with Crippen LogP contribution in [0.5, 0.6) is 0 Å². The Kier molecular flexibility index (Phi) is 5.48. The predicted molar refractivity (Wildman–Crippen MR) is 78.7 cm³/mol. The van der Waals surface area contributed by atoms with Crippen molar-refractivity contribution in [3.05, 3.63) is 24.3 Å². The first-order valence-electron chi connectivity index (χ1n) is 7.18. The van der Waals surface area contributed by atoms with Gasteiger partial charge in [0.15, 0.2) is 0 Å². The van der Waals surface area contributed by atoms with Crippen LogP contribution in [0.3, 0.4) is 0 Å². The second-order valence-corrected chi connectivity index (χ2v) is 5.14. The Morgan fingerprint density at radius 1 is 1.11 bits per heavy atom. The van der Waals surface area contributed by atoms with Gasteiger partial charge in [0.2, 0.25) is 0 Å². The van der Waals surface area contributed by atoms with Crippen LogP contribution in [0.25, 0.3) is 0 Å². The minimum Gasteiger partial charge on any atom is -0.394 e. The lowest BCUT2D eigenvalue weighted by Crippen LogP contribution is -2.27. The van der Waals surface area contributed by atoms with Gasteiger partial charge in [0.25, 0.3) is 0 Å². The van der Waals surface area contributed by atoms with Gasteiger partial charge in [-0.3, -0.25) is 0 Å². The summed E-state index contributed by atoms with van der Waals surface area (Å²) in [6.07, 6.45) is 4.41. The maximum Gasteiger partial charge on any atom is 0.0942 e. The average Bonchev–Trinajstić information content (AvgIpc) is 2.74. The molecule has 1 fully saturated rings. The van der Waals surface area contributed by atoms with Crippen LogP contribution in [-0.4, -0.2) is 42.6 Å². The standard InChI is InChI=1S/C15H24N2O2/c18-12-13(19)11-16-14-7-3-4-8-15(14)17-9-5-1-2-6-10-17/h3-4,7-8,13,16,18-19H,1-2,5-6,9-12H2. The van der Waals surface area contributed by atoms with Gasteiger partial charge < -0.3 is 20.4 Å². The molecule has 106 valence electrons. The Labute approximate surface area is 115 Å². The summed E-state index contributed by atoms with van der Waals surface area (Å²) >= 11 is 0. The van der Waals surface area contributed by atoms with E-state index < -0.39 is 6.10 Å². The number of nitrogens with zero attached hydrogens (tertiary/aromatic N) is 1. The Bertz CT molecular complexity index is 376. The van der Waals surface area contributed by atoms with Gasteiger partial charge in [0.1, 0.15) is 0 Å². The highest BCUT2D eigenvalue weighted by molar-refractivity contribution is 5.70. The lowest BCUT2D eigenvalue weighted by molar-refractivity contribution is 0.105. The maximum atomic E-state index is 9.44. The molecule has 1 aromatic carbocycles. The van der Waals surface area contributed by atoms with Crippen LogP contribution >= 0.6 is 0 Å². The number of benzene rings is 1. The molecule has 2 rings (SSSR count). The second kappa shape index (κ2) is 7.36. The average molecular weight is 264 g/mol. The SMILES string of the molecule is OCC(O)CNc1ccccc1N1CCCCCC1. The molecule has 0 radical (unpaired) electrons. The van der Waals surface area contributed by atoms with Gasteiger partial charge in [-0.1, -0.05) is 25.0 Å². The molecular formula is C15H24N2O2. The third-order valence-corrected chi connectivity index (χ3v) is 3.59. The third-order valence-electron chi connectivity index (χ3n) is 3.59. The molecule has 1 heterocycles. The minimum atomic E-state index is -0.711. The van der Waals surface area contributed by atoms with Gasteiger partial charge in [0, 0.05) is 19.6 Å². The fraction of sp³-hybridized carbons (Fsp3) is 0.600. The van der Waals surface area contributed by atoms with Crippen LogP contribution in [0.1, 0.15) is 25.7 Å². The van der Waals surface area contributed by atoms with E-state index in [1.807, 2.05) is 18.2 Å². The fourth-order valence-electron chi connectivity index (χ4n) is 2.50. The smallest absolute Gasteiger partial charge is 0.0942 e. The molecule has 0 aliphatic carbocycles. The summed E-state index contributed by atoms with van der Waals surface area (Å²) in [6.45, 7) is 2.36. The van der Waals surface area contributed by atoms with Crippen molar-refractivity contribution in [2.24, 2.45) is 0 Å². The lowest BCUT2D eigenvalue weighted by Gasteiger charge is -2.26. The van der Waals surface area contributed by atoms with E-state index in [1.165, 1.54) is 31.4 Å². The zero-order valence-electron chi connectivity index (χ0n) is 11.4. The van der Waals surface area contributed by atoms with Crippen molar-refractivity contribution in [3.63, 3.8) is 0 Å². The van der Waals surface area contributed by atoms with E-state index in [2.05, 4.69) is 16.3 Å². The predicted octanol–water partition coefficient (Wildman–Crippen LogP) is 1.83. The number of hydrogen-bond acceptors (Lipinski definition) is 4. The van der Waals surface area contributed by atoms with Gasteiger partial charge in [0.05, 0.1) is 24.1 Å². The summed E-state index contributed by atoms with van der Waals surface area (Å²) in [5.74, 6) is 0. The monoisotopic (exact) mass is 264 g/mol. The highest BCUT2D eigenvalue weighted by atomic mass is 16.3. The van der Waals surface area contributed by atoms with Crippen molar-refractivity contribution in [1.29, 1.82) is 0 Å². The number of nitrogens with one attached hydrogen (secondary N) is 1. The number of rotatable bonds is 5. The van der Waals surface area contributed by atoms with Crippen LogP contribution in [0, 0.1) is 0 Å². The molecule has 0 amide bonds. The maximum absolute atomic E-state index is 9.44. The van der Waals surface area contributed by atoms with Crippen molar-refractivity contribution < 1.29 is 10.2 Å². The van der Waals surface area contributed by atoms with Crippen molar-refractivity contribution in [1.82, 2.24) is 0 Å².